The van der Waals surface area contributed by atoms with Gasteiger partial charge in [-0.3, -0.25) is 9.59 Å². The van der Waals surface area contributed by atoms with Gasteiger partial charge in [-0.05, 0) is 29.6 Å². The highest BCUT2D eigenvalue weighted by molar-refractivity contribution is 7.12. The molecule has 0 saturated carbocycles. The smallest absolute Gasteiger partial charge is 0.342 e. The van der Waals surface area contributed by atoms with Crippen molar-refractivity contribution >= 4 is 40.7 Å². The summed E-state index contributed by atoms with van der Waals surface area (Å²) in [6.45, 7) is 1.17. The molecule has 0 radical (unpaired) electrons. The fourth-order valence-electron chi connectivity index (χ4n) is 2.69. The van der Waals surface area contributed by atoms with Crippen molar-refractivity contribution < 1.29 is 24.2 Å². The number of halogens is 1. The van der Waals surface area contributed by atoms with Gasteiger partial charge < -0.3 is 19.6 Å². The monoisotopic (exact) mass is 408 g/mol. The van der Waals surface area contributed by atoms with Gasteiger partial charge in [-0.1, -0.05) is 17.7 Å². The minimum absolute atomic E-state index is 0.0401. The van der Waals surface area contributed by atoms with Gasteiger partial charge in [0, 0.05) is 31.2 Å². The Hall–Kier alpha value is -2.58. The van der Waals surface area contributed by atoms with Crippen molar-refractivity contribution in [2.24, 2.45) is 0 Å². The molecule has 9 heteroatoms. The highest BCUT2D eigenvalue weighted by atomic mass is 35.5. The second-order valence-electron chi connectivity index (χ2n) is 5.89. The number of nitrogens with zero attached hydrogens (tertiary/aromatic N) is 2. The van der Waals surface area contributed by atoms with E-state index in [1.807, 2.05) is 11.4 Å². The van der Waals surface area contributed by atoms with E-state index < -0.39 is 12.6 Å². The number of piperazine rings is 1. The van der Waals surface area contributed by atoms with Crippen LogP contribution in [0.2, 0.25) is 5.02 Å². The zero-order chi connectivity index (χ0) is 19.4. The summed E-state index contributed by atoms with van der Waals surface area (Å²) >= 11 is 7.10. The predicted octanol–water partition coefficient (Wildman–Crippen LogP) is 2.25. The Balaban J connectivity index is 1.48. The quantitative estimate of drug-likeness (QED) is 0.784. The van der Waals surface area contributed by atoms with Crippen LogP contribution in [0.15, 0.2) is 35.7 Å². The van der Waals surface area contributed by atoms with Gasteiger partial charge in [0.1, 0.15) is 11.3 Å². The lowest BCUT2D eigenvalue weighted by Gasteiger charge is -2.34. The zero-order valence-corrected chi connectivity index (χ0v) is 15.8. The van der Waals surface area contributed by atoms with Crippen LogP contribution in [0.3, 0.4) is 0 Å². The third-order valence-electron chi connectivity index (χ3n) is 4.16. The maximum atomic E-state index is 12.3. The highest BCUT2D eigenvalue weighted by Gasteiger charge is 2.26. The van der Waals surface area contributed by atoms with Crippen LogP contribution in [0, 0.1) is 0 Å². The molecule has 27 heavy (non-hydrogen) atoms. The Bertz CT molecular complexity index is 847. The standard InChI is InChI=1S/C18H17ClN2O5S/c19-12-3-4-13(14(22)10-12)18(25)26-11-16(23)20-5-7-21(8-6-20)17(24)15-2-1-9-27-15/h1-4,9-10,22H,5-8,11H2. The van der Waals surface area contributed by atoms with Gasteiger partial charge in [-0.25, -0.2) is 4.79 Å². The first-order valence-electron chi connectivity index (χ1n) is 8.22. The lowest BCUT2D eigenvalue weighted by Crippen LogP contribution is -2.51. The summed E-state index contributed by atoms with van der Waals surface area (Å²) in [5.41, 5.74) is -0.0569. The molecule has 0 unspecified atom stereocenters. The molecule has 1 aliphatic heterocycles. The molecule has 1 N–H and O–H groups in total. The second kappa shape index (κ2) is 8.41. The van der Waals surface area contributed by atoms with Crippen molar-refractivity contribution in [1.29, 1.82) is 0 Å². The average Bonchev–Trinajstić information content (AvgIpc) is 3.20. The maximum absolute atomic E-state index is 12.3. The van der Waals surface area contributed by atoms with E-state index in [0.717, 1.165) is 0 Å². The molecule has 1 fully saturated rings. The van der Waals surface area contributed by atoms with Gasteiger partial charge in [-0.15, -0.1) is 11.3 Å². The topological polar surface area (TPSA) is 87.2 Å². The molecule has 1 saturated heterocycles. The Kier molecular flexibility index (Phi) is 5.98. The number of carbonyl (C=O) groups excluding carboxylic acids is 3. The molecule has 0 bridgehead atoms. The molecule has 2 heterocycles. The number of rotatable bonds is 4. The van der Waals surface area contributed by atoms with Gasteiger partial charge in [0.05, 0.1) is 4.88 Å². The summed E-state index contributed by atoms with van der Waals surface area (Å²) in [6, 6.07) is 7.60. The minimum Gasteiger partial charge on any atom is -0.507 e. The molecule has 0 spiro atoms. The predicted molar refractivity (Wildman–Crippen MR) is 100 cm³/mol. The van der Waals surface area contributed by atoms with Crippen molar-refractivity contribution in [3.63, 3.8) is 0 Å². The summed E-state index contributed by atoms with van der Waals surface area (Å²) in [5, 5.41) is 11.9. The molecule has 142 valence electrons. The number of phenolic OH excluding ortho intramolecular Hbond substituents is 1. The lowest BCUT2D eigenvalue weighted by molar-refractivity contribution is -0.136. The average molecular weight is 409 g/mol. The van der Waals surface area contributed by atoms with Crippen LogP contribution in [-0.4, -0.2) is 65.5 Å². The molecule has 2 amide bonds. The third-order valence-corrected chi connectivity index (χ3v) is 5.25. The van der Waals surface area contributed by atoms with Gasteiger partial charge >= 0.3 is 5.97 Å². The lowest BCUT2D eigenvalue weighted by atomic mass is 10.2. The summed E-state index contributed by atoms with van der Waals surface area (Å²) in [6.07, 6.45) is 0. The fourth-order valence-corrected chi connectivity index (χ4v) is 3.55. The summed E-state index contributed by atoms with van der Waals surface area (Å²) in [7, 11) is 0. The van der Waals surface area contributed by atoms with E-state index in [2.05, 4.69) is 0 Å². The number of carbonyl (C=O) groups is 3. The largest absolute Gasteiger partial charge is 0.507 e. The van der Waals surface area contributed by atoms with E-state index in [1.54, 1.807) is 15.9 Å². The molecule has 7 nitrogen and oxygen atoms in total. The summed E-state index contributed by atoms with van der Waals surface area (Å²) < 4.78 is 4.98. The number of aromatic hydroxyl groups is 1. The van der Waals surface area contributed by atoms with Crippen LogP contribution in [-0.2, 0) is 9.53 Å². The van der Waals surface area contributed by atoms with Crippen molar-refractivity contribution in [3.8, 4) is 5.75 Å². The summed E-state index contributed by atoms with van der Waals surface area (Å²) in [5.74, 6) is -1.49. The van der Waals surface area contributed by atoms with E-state index in [-0.39, 0.29) is 28.1 Å². The Morgan fingerprint density at radius 3 is 2.44 bits per heavy atom. The van der Waals surface area contributed by atoms with Crippen LogP contribution in [0.1, 0.15) is 20.0 Å². The first-order valence-corrected chi connectivity index (χ1v) is 9.47. The molecule has 1 aromatic carbocycles. The first kappa shape index (κ1) is 19.2. The van der Waals surface area contributed by atoms with Crippen molar-refractivity contribution in [1.82, 2.24) is 9.80 Å². The van der Waals surface area contributed by atoms with E-state index in [0.29, 0.717) is 31.1 Å². The highest BCUT2D eigenvalue weighted by Crippen LogP contribution is 2.22. The van der Waals surface area contributed by atoms with Crippen molar-refractivity contribution in [2.75, 3.05) is 32.8 Å². The number of ether oxygens (including phenoxy) is 1. The number of thiophene rings is 1. The van der Waals surface area contributed by atoms with E-state index >= 15 is 0 Å². The number of hydrogen-bond donors (Lipinski definition) is 1. The Morgan fingerprint density at radius 1 is 1.11 bits per heavy atom. The first-order chi connectivity index (χ1) is 13.0. The van der Waals surface area contributed by atoms with E-state index in [9.17, 15) is 19.5 Å². The number of amides is 2. The van der Waals surface area contributed by atoms with Crippen molar-refractivity contribution in [2.45, 2.75) is 0 Å². The SMILES string of the molecule is O=C(OCC(=O)N1CCN(C(=O)c2cccs2)CC1)c1ccc(Cl)cc1O. The number of hydrogen-bond acceptors (Lipinski definition) is 6. The molecule has 0 aliphatic carbocycles. The van der Waals surface area contributed by atoms with Crippen LogP contribution in [0.4, 0.5) is 0 Å². The number of benzene rings is 1. The van der Waals surface area contributed by atoms with Crippen LogP contribution >= 0.6 is 22.9 Å². The van der Waals surface area contributed by atoms with Crippen LogP contribution in [0.25, 0.3) is 0 Å². The Labute approximate surface area is 164 Å². The second-order valence-corrected chi connectivity index (χ2v) is 7.27. The minimum atomic E-state index is -0.802. The molecule has 3 rings (SSSR count). The zero-order valence-electron chi connectivity index (χ0n) is 14.3. The van der Waals surface area contributed by atoms with Gasteiger partial charge in [0.2, 0.25) is 0 Å². The van der Waals surface area contributed by atoms with Crippen LogP contribution in [0.5, 0.6) is 5.75 Å². The number of esters is 1. The maximum Gasteiger partial charge on any atom is 0.342 e. The normalized spacial score (nSPS) is 14.1. The Morgan fingerprint density at radius 2 is 1.81 bits per heavy atom. The molecule has 0 atom stereocenters. The van der Waals surface area contributed by atoms with Crippen molar-refractivity contribution in [3.05, 3.63) is 51.2 Å². The van der Waals surface area contributed by atoms with Crippen LogP contribution < -0.4 is 0 Å². The molecule has 1 aliphatic rings. The molecular formula is C18H17ClN2O5S. The van der Waals surface area contributed by atoms with Gasteiger partial charge in [0.15, 0.2) is 6.61 Å². The fraction of sp³-hybridized carbons (Fsp3) is 0.278. The molecule has 1 aromatic heterocycles. The van der Waals surface area contributed by atoms with Gasteiger partial charge in [-0.2, -0.15) is 0 Å². The third kappa shape index (κ3) is 4.58. The number of phenols is 1. The molecule has 2 aromatic rings. The molecular weight excluding hydrogens is 392 g/mol. The van der Waals surface area contributed by atoms with E-state index in [1.165, 1.54) is 29.5 Å². The van der Waals surface area contributed by atoms with E-state index in [4.69, 9.17) is 16.3 Å². The summed E-state index contributed by atoms with van der Waals surface area (Å²) in [4.78, 5) is 40.4. The van der Waals surface area contributed by atoms with Gasteiger partial charge in [0.25, 0.3) is 11.8 Å².